The number of amides is 2. The second-order valence-corrected chi connectivity index (χ2v) is 4.89. The minimum Gasteiger partial charge on any atom is -0.497 e. The van der Waals surface area contributed by atoms with Crippen molar-refractivity contribution >= 4 is 22.7 Å². The zero-order chi connectivity index (χ0) is 14.8. The van der Waals surface area contributed by atoms with Gasteiger partial charge in [0.25, 0.3) is 5.91 Å². The summed E-state index contributed by atoms with van der Waals surface area (Å²) in [6, 6.07) is 6.77. The Morgan fingerprint density at radius 2 is 2.29 bits per heavy atom. The van der Waals surface area contributed by atoms with Gasteiger partial charge in [0.15, 0.2) is 0 Å². The highest BCUT2D eigenvalue weighted by molar-refractivity contribution is 6.00. The maximum Gasteiger partial charge on any atom is 0.253 e. The molecule has 1 aromatic carbocycles. The average Bonchev–Trinajstić information content (AvgIpc) is 2.91. The van der Waals surface area contributed by atoms with E-state index in [0.29, 0.717) is 18.5 Å². The van der Waals surface area contributed by atoms with Crippen LogP contribution in [-0.4, -0.2) is 36.5 Å². The van der Waals surface area contributed by atoms with Crippen molar-refractivity contribution in [1.82, 2.24) is 15.6 Å². The number of carbonyl (C=O) groups excluding carboxylic acids is 2. The average molecular weight is 285 g/mol. The zero-order valence-electron chi connectivity index (χ0n) is 11.6. The number of benzene rings is 1. The van der Waals surface area contributed by atoms with Gasteiger partial charge in [-0.05, 0) is 24.6 Å². The molecule has 6 nitrogen and oxygen atoms in total. The molecule has 3 rings (SSSR count). The van der Waals surface area contributed by atoms with Crippen molar-refractivity contribution < 1.29 is 14.3 Å². The molecule has 1 saturated heterocycles. The number of nitrogens with one attached hydrogen (secondary N) is 2. The van der Waals surface area contributed by atoms with Crippen LogP contribution in [0.3, 0.4) is 0 Å². The summed E-state index contributed by atoms with van der Waals surface area (Å²) in [5.74, 6) is 0.291. The highest BCUT2D eigenvalue weighted by Gasteiger charge is 2.26. The maximum atomic E-state index is 12.2. The first-order valence-corrected chi connectivity index (χ1v) is 6.70. The largest absolute Gasteiger partial charge is 0.497 e. The van der Waals surface area contributed by atoms with Crippen molar-refractivity contribution in [3.05, 3.63) is 36.0 Å². The van der Waals surface area contributed by atoms with E-state index in [0.717, 1.165) is 16.7 Å². The maximum absolute atomic E-state index is 12.2. The summed E-state index contributed by atoms with van der Waals surface area (Å²) in [6.45, 7) is 0.597. The van der Waals surface area contributed by atoms with Gasteiger partial charge < -0.3 is 15.4 Å². The van der Waals surface area contributed by atoms with E-state index in [2.05, 4.69) is 15.6 Å². The molecule has 1 unspecified atom stereocenters. The third-order valence-electron chi connectivity index (χ3n) is 3.51. The van der Waals surface area contributed by atoms with Gasteiger partial charge in [0.2, 0.25) is 5.91 Å². The number of aromatic nitrogens is 1. The normalized spacial score (nSPS) is 17.6. The first kappa shape index (κ1) is 13.4. The molecule has 2 amide bonds. The molecule has 0 spiro atoms. The minimum atomic E-state index is -0.455. The van der Waals surface area contributed by atoms with Crippen LogP contribution in [0.4, 0.5) is 0 Å². The lowest BCUT2D eigenvalue weighted by molar-refractivity contribution is -0.120. The number of carbonyl (C=O) groups is 2. The molecule has 1 aromatic heterocycles. The van der Waals surface area contributed by atoms with Crippen LogP contribution < -0.4 is 15.4 Å². The standard InChI is InChI=1S/C15H15N3O3/c1-21-11-3-2-9-6-10(8-17-13(9)7-11)14(19)18-12-4-5-16-15(12)20/h2-3,6-8,12H,4-5H2,1H3,(H,16,20)(H,18,19). The van der Waals surface area contributed by atoms with Crippen LogP contribution in [0.2, 0.25) is 0 Å². The molecule has 0 radical (unpaired) electrons. The number of pyridine rings is 1. The van der Waals surface area contributed by atoms with Crippen LogP contribution in [0.15, 0.2) is 30.5 Å². The number of ether oxygens (including phenoxy) is 1. The van der Waals surface area contributed by atoms with Crippen molar-refractivity contribution in [3.63, 3.8) is 0 Å². The highest BCUT2D eigenvalue weighted by atomic mass is 16.5. The lowest BCUT2D eigenvalue weighted by Crippen LogP contribution is -2.40. The molecule has 6 heteroatoms. The minimum absolute atomic E-state index is 0.137. The van der Waals surface area contributed by atoms with Gasteiger partial charge in [-0.2, -0.15) is 0 Å². The number of fused-ring (bicyclic) bond motifs is 1. The zero-order valence-corrected chi connectivity index (χ0v) is 11.6. The van der Waals surface area contributed by atoms with Crippen LogP contribution >= 0.6 is 0 Å². The van der Waals surface area contributed by atoms with Crippen molar-refractivity contribution in [1.29, 1.82) is 0 Å². The van der Waals surface area contributed by atoms with Gasteiger partial charge in [0.05, 0.1) is 18.2 Å². The van der Waals surface area contributed by atoms with Gasteiger partial charge in [-0.15, -0.1) is 0 Å². The quantitative estimate of drug-likeness (QED) is 0.876. The summed E-state index contributed by atoms with van der Waals surface area (Å²) in [7, 11) is 1.59. The Hall–Kier alpha value is -2.63. The SMILES string of the molecule is COc1ccc2cc(C(=O)NC3CCNC3=O)cnc2c1. The van der Waals surface area contributed by atoms with Crippen molar-refractivity contribution in [2.45, 2.75) is 12.5 Å². The number of rotatable bonds is 3. The smallest absolute Gasteiger partial charge is 0.253 e. The molecule has 0 bridgehead atoms. The van der Waals surface area contributed by atoms with Crippen LogP contribution in [-0.2, 0) is 4.79 Å². The number of hydrogen-bond donors (Lipinski definition) is 2. The predicted octanol–water partition coefficient (Wildman–Crippen LogP) is 0.862. The lowest BCUT2D eigenvalue weighted by Gasteiger charge is -2.10. The summed E-state index contributed by atoms with van der Waals surface area (Å²) < 4.78 is 5.14. The van der Waals surface area contributed by atoms with Crippen LogP contribution in [0.1, 0.15) is 16.8 Å². The Kier molecular flexibility index (Phi) is 3.43. The summed E-state index contributed by atoms with van der Waals surface area (Å²) in [5, 5.41) is 6.25. The van der Waals surface area contributed by atoms with E-state index in [9.17, 15) is 9.59 Å². The summed E-state index contributed by atoms with van der Waals surface area (Å²) >= 11 is 0. The van der Waals surface area contributed by atoms with Crippen molar-refractivity contribution in [2.24, 2.45) is 0 Å². The van der Waals surface area contributed by atoms with E-state index < -0.39 is 6.04 Å². The molecule has 1 fully saturated rings. The molecule has 0 saturated carbocycles. The first-order chi connectivity index (χ1) is 10.2. The molecule has 1 atom stereocenters. The fourth-order valence-electron chi connectivity index (χ4n) is 2.33. The van der Waals surface area contributed by atoms with E-state index in [1.807, 2.05) is 12.1 Å². The Morgan fingerprint density at radius 1 is 1.43 bits per heavy atom. The van der Waals surface area contributed by atoms with E-state index in [1.54, 1.807) is 19.2 Å². The van der Waals surface area contributed by atoms with E-state index in [1.165, 1.54) is 6.20 Å². The Morgan fingerprint density at radius 3 is 3.00 bits per heavy atom. The Balaban J connectivity index is 1.83. The van der Waals surface area contributed by atoms with Gasteiger partial charge in [0, 0.05) is 24.2 Å². The van der Waals surface area contributed by atoms with Gasteiger partial charge in [-0.1, -0.05) is 0 Å². The molecule has 1 aliphatic heterocycles. The summed E-state index contributed by atoms with van der Waals surface area (Å²) in [5.41, 5.74) is 1.19. The lowest BCUT2D eigenvalue weighted by atomic mass is 10.1. The summed E-state index contributed by atoms with van der Waals surface area (Å²) in [4.78, 5) is 27.9. The second kappa shape index (κ2) is 5.40. The Bertz CT molecular complexity index is 714. The monoisotopic (exact) mass is 285 g/mol. The first-order valence-electron chi connectivity index (χ1n) is 6.70. The van der Waals surface area contributed by atoms with E-state index >= 15 is 0 Å². The molecule has 108 valence electrons. The molecule has 21 heavy (non-hydrogen) atoms. The molecule has 0 aliphatic carbocycles. The third-order valence-corrected chi connectivity index (χ3v) is 3.51. The highest BCUT2D eigenvalue weighted by Crippen LogP contribution is 2.19. The predicted molar refractivity (Wildman–Crippen MR) is 77.2 cm³/mol. The van der Waals surface area contributed by atoms with Crippen molar-refractivity contribution in [3.8, 4) is 5.75 Å². The fourth-order valence-corrected chi connectivity index (χ4v) is 2.33. The van der Waals surface area contributed by atoms with E-state index in [4.69, 9.17) is 4.74 Å². The second-order valence-electron chi connectivity index (χ2n) is 4.89. The van der Waals surface area contributed by atoms with Gasteiger partial charge in [0.1, 0.15) is 11.8 Å². The fraction of sp³-hybridized carbons (Fsp3) is 0.267. The van der Waals surface area contributed by atoms with E-state index in [-0.39, 0.29) is 11.8 Å². The van der Waals surface area contributed by atoms with Crippen LogP contribution in [0.25, 0.3) is 10.9 Å². The van der Waals surface area contributed by atoms with Crippen LogP contribution in [0, 0.1) is 0 Å². The molecule has 2 heterocycles. The Labute approximate surface area is 121 Å². The van der Waals surface area contributed by atoms with Gasteiger partial charge in [-0.25, -0.2) is 0 Å². The molecule has 1 aliphatic rings. The topological polar surface area (TPSA) is 80.3 Å². The molecular formula is C15H15N3O3. The number of nitrogens with zero attached hydrogens (tertiary/aromatic N) is 1. The van der Waals surface area contributed by atoms with Crippen molar-refractivity contribution in [2.75, 3.05) is 13.7 Å². The molecule has 2 aromatic rings. The van der Waals surface area contributed by atoms with Gasteiger partial charge in [-0.3, -0.25) is 14.6 Å². The van der Waals surface area contributed by atoms with Crippen LogP contribution in [0.5, 0.6) is 5.75 Å². The number of hydrogen-bond acceptors (Lipinski definition) is 4. The third kappa shape index (κ3) is 2.65. The summed E-state index contributed by atoms with van der Waals surface area (Å²) in [6.07, 6.45) is 2.12. The van der Waals surface area contributed by atoms with Gasteiger partial charge >= 0.3 is 0 Å². The molecule has 2 N–H and O–H groups in total. The molecular weight excluding hydrogens is 270 g/mol. The number of methoxy groups -OCH3 is 1.